The van der Waals surface area contributed by atoms with E-state index < -0.39 is 5.41 Å². The van der Waals surface area contributed by atoms with Gasteiger partial charge < -0.3 is 10.6 Å². The number of carbonyl (C=O) groups excluding carboxylic acids is 1. The molecule has 0 unspecified atom stereocenters. The predicted molar refractivity (Wildman–Crippen MR) is 87.6 cm³/mol. The third-order valence-corrected chi connectivity index (χ3v) is 3.46. The summed E-state index contributed by atoms with van der Waals surface area (Å²) >= 11 is 0. The van der Waals surface area contributed by atoms with Gasteiger partial charge in [0.1, 0.15) is 0 Å². The molecule has 20 heavy (non-hydrogen) atoms. The van der Waals surface area contributed by atoms with Gasteiger partial charge in [0, 0.05) is 12.6 Å². The molecule has 0 fully saturated rings. The molecule has 0 radical (unpaired) electrons. The normalized spacial score (nSPS) is 12.4. The second kappa shape index (κ2) is 8.28. The van der Waals surface area contributed by atoms with Crippen molar-refractivity contribution < 1.29 is 4.79 Å². The number of rotatable bonds is 6. The van der Waals surface area contributed by atoms with Gasteiger partial charge in [-0.25, -0.2) is 0 Å². The van der Waals surface area contributed by atoms with Gasteiger partial charge in [-0.3, -0.25) is 4.79 Å². The molecule has 0 saturated carbocycles. The van der Waals surface area contributed by atoms with E-state index in [2.05, 4.69) is 31.4 Å². The molecule has 4 heteroatoms. The number of likely N-dealkylation sites (N-methyl/N-ethyl adjacent to an activating group) is 1. The van der Waals surface area contributed by atoms with Crippen molar-refractivity contribution in [1.29, 1.82) is 0 Å². The first-order valence-corrected chi connectivity index (χ1v) is 6.96. The number of amides is 1. The van der Waals surface area contributed by atoms with Crippen molar-refractivity contribution in [2.45, 2.75) is 46.1 Å². The second-order valence-electron chi connectivity index (χ2n) is 5.66. The molecular formula is C16H27ClN2O. The fraction of sp³-hybridized carbons (Fsp3) is 0.562. The highest BCUT2D eigenvalue weighted by atomic mass is 35.5. The van der Waals surface area contributed by atoms with Gasteiger partial charge in [0.05, 0.1) is 5.41 Å². The van der Waals surface area contributed by atoms with Crippen LogP contribution in [-0.4, -0.2) is 25.0 Å². The minimum Gasteiger partial charge on any atom is -0.354 e. The van der Waals surface area contributed by atoms with Crippen LogP contribution in [0.25, 0.3) is 0 Å². The van der Waals surface area contributed by atoms with E-state index in [1.807, 2.05) is 38.1 Å². The fourth-order valence-corrected chi connectivity index (χ4v) is 1.99. The summed E-state index contributed by atoms with van der Waals surface area (Å²) in [5, 5.41) is 6.30. The highest BCUT2D eigenvalue weighted by molar-refractivity contribution is 5.87. The number of nitrogens with one attached hydrogen (secondary N) is 2. The zero-order valence-electron chi connectivity index (χ0n) is 13.1. The summed E-state index contributed by atoms with van der Waals surface area (Å²) in [5.74, 6) is 0.0705. The number of benzene rings is 1. The lowest BCUT2D eigenvalue weighted by Crippen LogP contribution is -2.45. The zero-order valence-corrected chi connectivity index (χ0v) is 13.9. The second-order valence-corrected chi connectivity index (χ2v) is 5.66. The van der Waals surface area contributed by atoms with Gasteiger partial charge in [-0.2, -0.15) is 0 Å². The van der Waals surface area contributed by atoms with Crippen molar-refractivity contribution >= 4 is 18.3 Å². The molecule has 0 heterocycles. The Morgan fingerprint density at radius 2 is 1.80 bits per heavy atom. The van der Waals surface area contributed by atoms with E-state index in [0.29, 0.717) is 12.6 Å². The average Bonchev–Trinajstić information content (AvgIpc) is 2.36. The van der Waals surface area contributed by atoms with E-state index in [0.717, 1.165) is 12.1 Å². The van der Waals surface area contributed by atoms with Gasteiger partial charge in [-0.05, 0) is 39.8 Å². The van der Waals surface area contributed by atoms with Crippen LogP contribution in [-0.2, 0) is 10.2 Å². The van der Waals surface area contributed by atoms with E-state index in [1.165, 1.54) is 5.56 Å². The van der Waals surface area contributed by atoms with E-state index >= 15 is 0 Å². The number of hydrogen-bond acceptors (Lipinski definition) is 2. The number of hydrogen-bond donors (Lipinski definition) is 2. The molecule has 1 aromatic carbocycles. The van der Waals surface area contributed by atoms with E-state index in [4.69, 9.17) is 0 Å². The molecule has 0 aliphatic carbocycles. The van der Waals surface area contributed by atoms with Crippen molar-refractivity contribution in [3.63, 3.8) is 0 Å². The lowest BCUT2D eigenvalue weighted by atomic mass is 9.83. The molecule has 114 valence electrons. The number of aryl methyl sites for hydroxylation is 1. The molecule has 0 bridgehead atoms. The largest absolute Gasteiger partial charge is 0.354 e. The molecule has 0 aliphatic rings. The van der Waals surface area contributed by atoms with Crippen molar-refractivity contribution in [3.05, 3.63) is 35.4 Å². The Morgan fingerprint density at radius 3 is 2.30 bits per heavy atom. The highest BCUT2D eigenvalue weighted by Crippen LogP contribution is 2.23. The number of halogens is 1. The Labute approximate surface area is 128 Å². The molecule has 1 aromatic rings. The Balaban J connectivity index is 0.00000361. The van der Waals surface area contributed by atoms with Gasteiger partial charge >= 0.3 is 0 Å². The summed E-state index contributed by atoms with van der Waals surface area (Å²) in [6, 6.07) is 8.45. The van der Waals surface area contributed by atoms with Gasteiger partial charge in [0.2, 0.25) is 5.91 Å². The van der Waals surface area contributed by atoms with Gasteiger partial charge in [0.15, 0.2) is 0 Å². The first-order valence-electron chi connectivity index (χ1n) is 6.96. The molecule has 0 aliphatic heterocycles. The molecule has 1 atom stereocenters. The van der Waals surface area contributed by atoms with Crippen molar-refractivity contribution in [1.82, 2.24) is 10.6 Å². The lowest BCUT2D eigenvalue weighted by Gasteiger charge is -2.25. The topological polar surface area (TPSA) is 41.1 Å². The quantitative estimate of drug-likeness (QED) is 0.848. The van der Waals surface area contributed by atoms with Crippen LogP contribution in [0, 0.1) is 6.92 Å². The van der Waals surface area contributed by atoms with E-state index in [9.17, 15) is 4.79 Å². The van der Waals surface area contributed by atoms with E-state index in [1.54, 1.807) is 0 Å². The number of carbonyl (C=O) groups is 1. The minimum absolute atomic E-state index is 0. The standard InChI is InChI=1S/C16H26N2O.ClH/c1-6-17-13(3)11-18-15(19)16(4,5)14-9-7-12(2)8-10-14;/h7-10,13,17H,6,11H2,1-5H3,(H,18,19);1H/t13-;/m1./s1. The lowest BCUT2D eigenvalue weighted by molar-refractivity contribution is -0.125. The maximum atomic E-state index is 12.3. The molecular weight excluding hydrogens is 272 g/mol. The van der Waals surface area contributed by atoms with Gasteiger partial charge in [0.25, 0.3) is 0 Å². The first kappa shape index (κ1) is 18.9. The maximum absolute atomic E-state index is 12.3. The van der Waals surface area contributed by atoms with E-state index in [-0.39, 0.29) is 18.3 Å². The summed E-state index contributed by atoms with van der Waals surface area (Å²) in [6.07, 6.45) is 0. The van der Waals surface area contributed by atoms with Crippen LogP contribution >= 0.6 is 12.4 Å². The van der Waals surface area contributed by atoms with Crippen molar-refractivity contribution in [2.75, 3.05) is 13.1 Å². The Hall–Kier alpha value is -1.06. The molecule has 2 N–H and O–H groups in total. The van der Waals surface area contributed by atoms with Crippen LogP contribution < -0.4 is 10.6 Å². The predicted octanol–water partition coefficient (Wildman–Crippen LogP) is 2.81. The van der Waals surface area contributed by atoms with Crippen molar-refractivity contribution in [2.24, 2.45) is 0 Å². The Kier molecular flexibility index (Phi) is 7.84. The third kappa shape index (κ3) is 5.14. The highest BCUT2D eigenvalue weighted by Gasteiger charge is 2.29. The Morgan fingerprint density at radius 1 is 1.25 bits per heavy atom. The smallest absolute Gasteiger partial charge is 0.230 e. The summed E-state index contributed by atoms with van der Waals surface area (Å²) in [4.78, 5) is 12.3. The first-order chi connectivity index (χ1) is 8.87. The molecule has 0 aromatic heterocycles. The summed E-state index contributed by atoms with van der Waals surface area (Å²) in [7, 11) is 0. The summed E-state index contributed by atoms with van der Waals surface area (Å²) < 4.78 is 0. The summed E-state index contributed by atoms with van der Waals surface area (Å²) in [6.45, 7) is 11.7. The fourth-order valence-electron chi connectivity index (χ4n) is 1.99. The molecule has 1 rings (SSSR count). The van der Waals surface area contributed by atoms with Gasteiger partial charge in [-0.15, -0.1) is 12.4 Å². The SMILES string of the molecule is CCN[C@H](C)CNC(=O)C(C)(C)c1ccc(C)cc1.Cl. The average molecular weight is 299 g/mol. The molecule has 0 saturated heterocycles. The van der Waals surface area contributed by atoms with Crippen LogP contribution in [0.4, 0.5) is 0 Å². The minimum atomic E-state index is -0.500. The third-order valence-electron chi connectivity index (χ3n) is 3.46. The van der Waals surface area contributed by atoms with Crippen LogP contribution in [0.15, 0.2) is 24.3 Å². The van der Waals surface area contributed by atoms with Gasteiger partial charge in [-0.1, -0.05) is 36.8 Å². The van der Waals surface area contributed by atoms with Crippen LogP contribution in [0.1, 0.15) is 38.8 Å². The van der Waals surface area contributed by atoms with Crippen LogP contribution in [0.5, 0.6) is 0 Å². The van der Waals surface area contributed by atoms with Crippen molar-refractivity contribution in [3.8, 4) is 0 Å². The zero-order chi connectivity index (χ0) is 14.5. The molecule has 0 spiro atoms. The molecule has 1 amide bonds. The Bertz CT molecular complexity index is 415. The summed E-state index contributed by atoms with van der Waals surface area (Å²) in [5.41, 5.74) is 1.76. The maximum Gasteiger partial charge on any atom is 0.230 e. The monoisotopic (exact) mass is 298 g/mol. The van der Waals surface area contributed by atoms with Crippen LogP contribution in [0.3, 0.4) is 0 Å². The molecule has 3 nitrogen and oxygen atoms in total. The van der Waals surface area contributed by atoms with Crippen LogP contribution in [0.2, 0.25) is 0 Å².